The van der Waals surface area contributed by atoms with Crippen LogP contribution in [0, 0.1) is 0 Å². The predicted octanol–water partition coefficient (Wildman–Crippen LogP) is 2.04. The molecule has 0 fully saturated rings. The number of anilines is 2. The van der Waals surface area contributed by atoms with Crippen molar-refractivity contribution in [3.05, 3.63) is 60.2 Å². The van der Waals surface area contributed by atoms with Gasteiger partial charge in [0.2, 0.25) is 5.91 Å². The van der Waals surface area contributed by atoms with Crippen LogP contribution in [0.15, 0.2) is 54.6 Å². The average molecular weight is 375 g/mol. The number of sulfone groups is 1. The maximum atomic E-state index is 12.0. The Hall–Kier alpha value is -2.38. The van der Waals surface area contributed by atoms with E-state index in [4.69, 9.17) is 5.73 Å². The number of carbonyl (C=O) groups is 1. The summed E-state index contributed by atoms with van der Waals surface area (Å²) in [6.45, 7) is 0.812. The fraction of sp³-hybridized carbons (Fsp3) is 0.316. The first-order valence-electron chi connectivity index (χ1n) is 8.45. The highest BCUT2D eigenvalue weighted by Crippen LogP contribution is 2.14. The summed E-state index contributed by atoms with van der Waals surface area (Å²) in [5, 5.41) is 6.03. The van der Waals surface area contributed by atoms with Crippen molar-refractivity contribution in [3.63, 3.8) is 0 Å². The summed E-state index contributed by atoms with van der Waals surface area (Å²) >= 11 is 0. The number of nitrogens with two attached hydrogens (primary N) is 1. The molecule has 140 valence electrons. The van der Waals surface area contributed by atoms with E-state index >= 15 is 0 Å². The SMILES string of the molecule is CS(=O)(=O)CCC(N)C(=O)Nc1ccc(NCCc2ccccc2)cc1. The summed E-state index contributed by atoms with van der Waals surface area (Å²) in [5.41, 5.74) is 8.59. The topological polar surface area (TPSA) is 101 Å². The van der Waals surface area contributed by atoms with E-state index < -0.39 is 21.8 Å². The third kappa shape index (κ3) is 7.25. The van der Waals surface area contributed by atoms with Crippen LogP contribution in [0.25, 0.3) is 0 Å². The Kier molecular flexibility index (Phi) is 7.17. The minimum atomic E-state index is -3.13. The zero-order valence-electron chi connectivity index (χ0n) is 14.8. The second-order valence-electron chi connectivity index (χ2n) is 6.25. The van der Waals surface area contributed by atoms with E-state index in [1.807, 2.05) is 30.3 Å². The normalized spacial score (nSPS) is 12.4. The fourth-order valence-corrected chi connectivity index (χ4v) is 3.06. The average Bonchev–Trinajstić information content (AvgIpc) is 2.61. The molecule has 2 aromatic carbocycles. The van der Waals surface area contributed by atoms with E-state index in [1.165, 1.54) is 5.56 Å². The van der Waals surface area contributed by atoms with Crippen LogP contribution in [-0.2, 0) is 21.1 Å². The molecular weight excluding hydrogens is 350 g/mol. The van der Waals surface area contributed by atoms with Gasteiger partial charge in [0.1, 0.15) is 9.84 Å². The lowest BCUT2D eigenvalue weighted by Crippen LogP contribution is -2.37. The molecule has 0 spiro atoms. The predicted molar refractivity (Wildman–Crippen MR) is 106 cm³/mol. The van der Waals surface area contributed by atoms with Crippen molar-refractivity contribution < 1.29 is 13.2 Å². The second kappa shape index (κ2) is 9.35. The van der Waals surface area contributed by atoms with Gasteiger partial charge in [-0.3, -0.25) is 4.79 Å². The van der Waals surface area contributed by atoms with Gasteiger partial charge < -0.3 is 16.4 Å². The summed E-state index contributed by atoms with van der Waals surface area (Å²) in [4.78, 5) is 12.0. The highest BCUT2D eigenvalue weighted by Gasteiger charge is 2.16. The van der Waals surface area contributed by atoms with Crippen LogP contribution in [0.2, 0.25) is 0 Å². The molecule has 0 saturated heterocycles. The number of hydrogen-bond donors (Lipinski definition) is 3. The lowest BCUT2D eigenvalue weighted by atomic mass is 10.1. The molecule has 0 aliphatic heterocycles. The summed E-state index contributed by atoms with van der Waals surface area (Å²) in [6, 6.07) is 16.7. The molecule has 7 heteroatoms. The van der Waals surface area contributed by atoms with Crippen LogP contribution in [-0.4, -0.2) is 38.9 Å². The molecule has 1 atom stereocenters. The molecule has 1 unspecified atom stereocenters. The Morgan fingerprint density at radius 2 is 1.65 bits per heavy atom. The monoisotopic (exact) mass is 375 g/mol. The highest BCUT2D eigenvalue weighted by molar-refractivity contribution is 7.90. The Labute approximate surface area is 154 Å². The highest BCUT2D eigenvalue weighted by atomic mass is 32.2. The number of amides is 1. The van der Waals surface area contributed by atoms with E-state index in [2.05, 4.69) is 22.8 Å². The number of rotatable bonds is 9. The Morgan fingerprint density at radius 1 is 1.04 bits per heavy atom. The van der Waals surface area contributed by atoms with Crippen molar-refractivity contribution in [3.8, 4) is 0 Å². The fourth-order valence-electron chi connectivity index (χ4n) is 2.37. The summed E-state index contributed by atoms with van der Waals surface area (Å²) < 4.78 is 22.3. The van der Waals surface area contributed by atoms with Crippen LogP contribution in [0.1, 0.15) is 12.0 Å². The van der Waals surface area contributed by atoms with Crippen LogP contribution in [0.4, 0.5) is 11.4 Å². The first-order chi connectivity index (χ1) is 12.3. The minimum absolute atomic E-state index is 0.101. The van der Waals surface area contributed by atoms with Gasteiger partial charge in [-0.25, -0.2) is 8.42 Å². The lowest BCUT2D eigenvalue weighted by molar-refractivity contribution is -0.117. The van der Waals surface area contributed by atoms with Gasteiger partial charge in [-0.1, -0.05) is 30.3 Å². The van der Waals surface area contributed by atoms with Crippen molar-refractivity contribution >= 4 is 27.1 Å². The third-order valence-corrected chi connectivity index (χ3v) is 4.85. The van der Waals surface area contributed by atoms with Crippen molar-refractivity contribution in [2.24, 2.45) is 5.73 Å². The molecule has 0 bridgehead atoms. The quantitative estimate of drug-likeness (QED) is 0.623. The van der Waals surface area contributed by atoms with E-state index in [-0.39, 0.29) is 12.2 Å². The molecule has 0 aromatic heterocycles. The Balaban J connectivity index is 1.78. The Morgan fingerprint density at radius 3 is 2.27 bits per heavy atom. The molecule has 26 heavy (non-hydrogen) atoms. The lowest BCUT2D eigenvalue weighted by Gasteiger charge is -2.12. The molecule has 0 heterocycles. The molecule has 0 saturated carbocycles. The zero-order valence-corrected chi connectivity index (χ0v) is 15.6. The maximum absolute atomic E-state index is 12.0. The number of benzene rings is 2. The molecule has 0 aliphatic carbocycles. The molecule has 6 nitrogen and oxygen atoms in total. The molecule has 0 aliphatic rings. The van der Waals surface area contributed by atoms with Crippen molar-refractivity contribution in [1.82, 2.24) is 0 Å². The van der Waals surface area contributed by atoms with Gasteiger partial charge in [-0.15, -0.1) is 0 Å². The summed E-state index contributed by atoms with van der Waals surface area (Å²) in [7, 11) is -3.13. The first kappa shape index (κ1) is 19.9. The van der Waals surface area contributed by atoms with Crippen molar-refractivity contribution in [2.75, 3.05) is 29.2 Å². The molecule has 4 N–H and O–H groups in total. The van der Waals surface area contributed by atoms with Gasteiger partial charge in [-0.05, 0) is 42.7 Å². The largest absolute Gasteiger partial charge is 0.385 e. The van der Waals surface area contributed by atoms with Gasteiger partial charge in [0.05, 0.1) is 11.8 Å². The number of carbonyl (C=O) groups excluding carboxylic acids is 1. The van der Waals surface area contributed by atoms with Gasteiger partial charge in [0, 0.05) is 24.2 Å². The van der Waals surface area contributed by atoms with Crippen LogP contribution in [0.3, 0.4) is 0 Å². The smallest absolute Gasteiger partial charge is 0.241 e. The van der Waals surface area contributed by atoms with Crippen molar-refractivity contribution in [2.45, 2.75) is 18.9 Å². The van der Waals surface area contributed by atoms with Crippen LogP contribution >= 0.6 is 0 Å². The van der Waals surface area contributed by atoms with Gasteiger partial charge in [0.25, 0.3) is 0 Å². The molecule has 1 amide bonds. The van der Waals surface area contributed by atoms with Gasteiger partial charge >= 0.3 is 0 Å². The molecule has 0 radical (unpaired) electrons. The second-order valence-corrected chi connectivity index (χ2v) is 8.51. The van der Waals surface area contributed by atoms with Crippen molar-refractivity contribution in [1.29, 1.82) is 0 Å². The molecule has 2 aromatic rings. The summed E-state index contributed by atoms with van der Waals surface area (Å²) in [5.74, 6) is -0.496. The maximum Gasteiger partial charge on any atom is 0.241 e. The van der Waals surface area contributed by atoms with Gasteiger partial charge in [0.15, 0.2) is 0 Å². The Bertz CT molecular complexity index is 806. The standard InChI is InChI=1S/C19H25N3O3S/c1-26(24,25)14-12-18(20)19(23)22-17-9-7-16(8-10-17)21-13-11-15-5-3-2-4-6-15/h2-10,18,21H,11-14,20H2,1H3,(H,22,23). The molecule has 2 rings (SSSR count). The van der Waals surface area contributed by atoms with Gasteiger partial charge in [-0.2, -0.15) is 0 Å². The van der Waals surface area contributed by atoms with E-state index in [1.54, 1.807) is 12.1 Å². The number of nitrogens with one attached hydrogen (secondary N) is 2. The van der Waals surface area contributed by atoms with E-state index in [0.717, 1.165) is 24.9 Å². The summed E-state index contributed by atoms with van der Waals surface area (Å²) in [6.07, 6.45) is 2.15. The van der Waals surface area contributed by atoms with Crippen LogP contribution in [0.5, 0.6) is 0 Å². The zero-order chi connectivity index (χ0) is 19.0. The van der Waals surface area contributed by atoms with E-state index in [0.29, 0.717) is 5.69 Å². The minimum Gasteiger partial charge on any atom is -0.385 e. The third-order valence-electron chi connectivity index (χ3n) is 3.87. The van der Waals surface area contributed by atoms with E-state index in [9.17, 15) is 13.2 Å². The first-order valence-corrected chi connectivity index (χ1v) is 10.5. The molecular formula is C19H25N3O3S. The van der Waals surface area contributed by atoms with Crippen LogP contribution < -0.4 is 16.4 Å². The number of hydrogen-bond acceptors (Lipinski definition) is 5.